The molecule has 43 heavy (non-hydrogen) atoms. The first-order valence-electron chi connectivity index (χ1n) is 13.2. The molecule has 2 aliphatic heterocycles. The van der Waals surface area contributed by atoms with Crippen molar-refractivity contribution in [3.8, 4) is 34.1 Å². The number of ether oxygens (including phenoxy) is 6. The van der Waals surface area contributed by atoms with Gasteiger partial charge in [0.25, 0.3) is 0 Å². The molecule has 0 radical (unpaired) electrons. The summed E-state index contributed by atoms with van der Waals surface area (Å²) in [5, 5.41) is 71.9. The minimum Gasteiger partial charge on any atom is -0.504 e. The third kappa shape index (κ3) is 5.86. The maximum Gasteiger partial charge on any atom is 0.229 e. The zero-order valence-electron chi connectivity index (χ0n) is 23.0. The van der Waals surface area contributed by atoms with Crippen LogP contribution >= 0.6 is 0 Å². The number of benzene rings is 2. The highest BCUT2D eigenvalue weighted by Gasteiger charge is 2.47. The van der Waals surface area contributed by atoms with E-state index in [2.05, 4.69) is 0 Å². The summed E-state index contributed by atoms with van der Waals surface area (Å²) in [6, 6.07) is 7.85. The van der Waals surface area contributed by atoms with Gasteiger partial charge in [0.1, 0.15) is 65.7 Å². The van der Waals surface area contributed by atoms with Gasteiger partial charge in [-0.2, -0.15) is 0 Å². The van der Waals surface area contributed by atoms with Crippen LogP contribution < -0.4 is 19.6 Å². The summed E-state index contributed by atoms with van der Waals surface area (Å²) < 4.78 is 38.0. The van der Waals surface area contributed by atoms with E-state index in [1.165, 1.54) is 26.5 Å². The van der Waals surface area contributed by atoms with Crippen molar-refractivity contribution in [1.29, 1.82) is 0 Å². The van der Waals surface area contributed by atoms with E-state index in [-0.39, 0.29) is 34.6 Å². The molecule has 2 aliphatic rings. The molecule has 234 valence electrons. The summed E-state index contributed by atoms with van der Waals surface area (Å²) >= 11 is 0. The van der Waals surface area contributed by atoms with E-state index in [0.717, 1.165) is 0 Å². The summed E-state index contributed by atoms with van der Waals surface area (Å²) in [6.07, 6.45) is -12.9. The van der Waals surface area contributed by atoms with Crippen LogP contribution in [0.5, 0.6) is 23.0 Å². The lowest BCUT2D eigenvalue weighted by molar-refractivity contribution is -0.307. The normalized spacial score (nSPS) is 31.1. The monoisotopic (exact) mass is 608 g/mol. The Bertz CT molecular complexity index is 1470. The smallest absolute Gasteiger partial charge is 0.229 e. The van der Waals surface area contributed by atoms with Crippen LogP contribution in [-0.2, 0) is 14.2 Å². The van der Waals surface area contributed by atoms with Crippen LogP contribution in [0, 0.1) is 0 Å². The van der Waals surface area contributed by atoms with Crippen LogP contribution in [0.15, 0.2) is 45.8 Å². The highest BCUT2D eigenvalue weighted by molar-refractivity contribution is 5.91. The quantitative estimate of drug-likeness (QED) is 0.160. The molecule has 15 heteroatoms. The van der Waals surface area contributed by atoms with Gasteiger partial charge in [-0.3, -0.25) is 4.79 Å². The van der Waals surface area contributed by atoms with Crippen molar-refractivity contribution in [3.05, 3.63) is 46.8 Å². The van der Waals surface area contributed by atoms with E-state index >= 15 is 0 Å². The summed E-state index contributed by atoms with van der Waals surface area (Å²) in [5.74, 6) is -0.572. The minimum atomic E-state index is -1.80. The van der Waals surface area contributed by atoms with Gasteiger partial charge in [0, 0.05) is 6.07 Å². The second kappa shape index (κ2) is 12.6. The summed E-state index contributed by atoms with van der Waals surface area (Å²) in [5.41, 5.74) is 0.00139. The molecule has 2 fully saturated rings. The molecule has 0 spiro atoms. The highest BCUT2D eigenvalue weighted by Crippen LogP contribution is 2.43. The van der Waals surface area contributed by atoms with Gasteiger partial charge in [-0.15, -0.1) is 0 Å². The molecule has 0 saturated carbocycles. The standard InChI is InChI=1S/C28H32O15/c1-37-12-5-3-11(4-6-12)13-8-39-15-7-16(26(38-2)22(33)18(15)19(13)30)42-28-25(36)23(34)21(32)17(43-28)10-41-27-24(35)20(31)14(29)9-40-27/h3-8,14,17,20-21,23-25,27-29,31-36H,9-10H2,1-2H3/t14-,17-,20+,21-,23+,24-,25-,27+,28-/m1/s1. The van der Waals surface area contributed by atoms with Crippen LogP contribution in [0.2, 0.25) is 0 Å². The third-order valence-electron chi connectivity index (χ3n) is 7.36. The van der Waals surface area contributed by atoms with E-state index in [0.29, 0.717) is 11.3 Å². The Morgan fingerprint density at radius 2 is 1.58 bits per heavy atom. The Balaban J connectivity index is 1.39. The molecule has 0 unspecified atom stereocenters. The molecule has 5 rings (SSSR count). The van der Waals surface area contributed by atoms with Crippen molar-refractivity contribution in [2.24, 2.45) is 0 Å². The SMILES string of the molecule is COc1ccc(-c2coc3cc(O[C@@H]4O[C@H](CO[C@@H]5OC[C@@H](O)[C@H](O)[C@H]5O)[C@@H](O)[C@H](O)[C@H]4O)c(OC)c(O)c3c2=O)cc1. The van der Waals surface area contributed by atoms with E-state index < -0.39 is 73.1 Å². The Morgan fingerprint density at radius 3 is 2.26 bits per heavy atom. The van der Waals surface area contributed by atoms with E-state index in [9.17, 15) is 40.5 Å². The second-order valence-corrected chi connectivity index (χ2v) is 10.1. The Morgan fingerprint density at radius 1 is 0.884 bits per heavy atom. The molecule has 2 saturated heterocycles. The van der Waals surface area contributed by atoms with Gasteiger partial charge >= 0.3 is 0 Å². The van der Waals surface area contributed by atoms with Crippen LogP contribution in [0.1, 0.15) is 0 Å². The van der Waals surface area contributed by atoms with Crippen molar-refractivity contribution < 1.29 is 68.6 Å². The molecular formula is C28H32O15. The van der Waals surface area contributed by atoms with Gasteiger partial charge in [0.2, 0.25) is 17.5 Å². The lowest BCUT2D eigenvalue weighted by Gasteiger charge is -2.41. The number of aromatic hydroxyl groups is 1. The summed E-state index contributed by atoms with van der Waals surface area (Å²) in [7, 11) is 2.71. The van der Waals surface area contributed by atoms with Crippen molar-refractivity contribution in [2.45, 2.75) is 55.3 Å². The zero-order valence-corrected chi connectivity index (χ0v) is 23.0. The molecule has 1 aromatic heterocycles. The van der Waals surface area contributed by atoms with Crippen LogP contribution in [-0.4, -0.2) is 118 Å². The first-order chi connectivity index (χ1) is 20.5. The molecule has 2 aromatic carbocycles. The molecule has 3 heterocycles. The van der Waals surface area contributed by atoms with Crippen LogP contribution in [0.3, 0.4) is 0 Å². The molecule has 7 N–H and O–H groups in total. The first-order valence-corrected chi connectivity index (χ1v) is 13.2. The van der Waals surface area contributed by atoms with Crippen LogP contribution in [0.4, 0.5) is 0 Å². The number of aliphatic hydroxyl groups excluding tert-OH is 6. The maximum absolute atomic E-state index is 13.4. The number of fused-ring (bicyclic) bond motifs is 1. The minimum absolute atomic E-state index is 0.0921. The number of phenolic OH excluding ortho intramolecular Hbond substituents is 1. The Hall–Kier alpha value is -3.51. The van der Waals surface area contributed by atoms with Gasteiger partial charge in [0.15, 0.2) is 17.8 Å². The number of methoxy groups -OCH3 is 2. The third-order valence-corrected chi connectivity index (χ3v) is 7.36. The average molecular weight is 609 g/mol. The van der Waals surface area contributed by atoms with Gasteiger partial charge in [0.05, 0.1) is 33.0 Å². The predicted molar refractivity (Wildman–Crippen MR) is 144 cm³/mol. The fourth-order valence-electron chi connectivity index (χ4n) is 4.87. The van der Waals surface area contributed by atoms with Crippen molar-refractivity contribution in [1.82, 2.24) is 0 Å². The van der Waals surface area contributed by atoms with Crippen molar-refractivity contribution in [2.75, 3.05) is 27.4 Å². The molecule has 3 aromatic rings. The van der Waals surface area contributed by atoms with E-state index in [4.69, 9.17) is 32.8 Å². The molecule has 0 bridgehead atoms. The average Bonchev–Trinajstić information content (AvgIpc) is 3.00. The van der Waals surface area contributed by atoms with Crippen molar-refractivity contribution >= 4 is 11.0 Å². The van der Waals surface area contributed by atoms with Gasteiger partial charge in [-0.25, -0.2) is 0 Å². The zero-order chi connectivity index (χ0) is 31.0. The first kappa shape index (κ1) is 30.9. The molecule has 15 nitrogen and oxygen atoms in total. The highest BCUT2D eigenvalue weighted by atomic mass is 16.7. The number of hydrogen-bond acceptors (Lipinski definition) is 15. The summed E-state index contributed by atoms with van der Waals surface area (Å²) in [6.45, 7) is -0.828. The number of rotatable bonds is 8. The predicted octanol–water partition coefficient (Wildman–Crippen LogP) is -1.18. The fourth-order valence-corrected chi connectivity index (χ4v) is 4.87. The lowest BCUT2D eigenvalue weighted by Crippen LogP contribution is -2.61. The molecule has 0 aliphatic carbocycles. The van der Waals surface area contributed by atoms with Gasteiger partial charge in [-0.1, -0.05) is 12.1 Å². The Kier molecular flexibility index (Phi) is 9.07. The van der Waals surface area contributed by atoms with Gasteiger partial charge < -0.3 is 68.6 Å². The van der Waals surface area contributed by atoms with Crippen molar-refractivity contribution in [3.63, 3.8) is 0 Å². The number of hydrogen-bond donors (Lipinski definition) is 7. The lowest BCUT2D eigenvalue weighted by atomic mass is 9.99. The molecular weight excluding hydrogens is 576 g/mol. The van der Waals surface area contributed by atoms with E-state index in [1.54, 1.807) is 24.3 Å². The Labute approximate surface area is 243 Å². The number of aliphatic hydroxyl groups is 6. The topological polar surface area (TPSA) is 227 Å². The fraction of sp³-hybridized carbons (Fsp3) is 0.464. The number of phenols is 1. The molecule has 9 atom stereocenters. The largest absolute Gasteiger partial charge is 0.504 e. The second-order valence-electron chi connectivity index (χ2n) is 10.1. The van der Waals surface area contributed by atoms with Gasteiger partial charge in [-0.05, 0) is 17.7 Å². The summed E-state index contributed by atoms with van der Waals surface area (Å²) in [4.78, 5) is 13.4. The maximum atomic E-state index is 13.4. The van der Waals surface area contributed by atoms with Crippen LogP contribution in [0.25, 0.3) is 22.1 Å². The molecule has 0 amide bonds. The van der Waals surface area contributed by atoms with E-state index in [1.807, 2.05) is 0 Å².